The van der Waals surface area contributed by atoms with Crippen LogP contribution in [-0.4, -0.2) is 5.54 Å². The molecule has 4 aliphatic rings. The number of hydrogen-bond acceptors (Lipinski definition) is 1. The van der Waals surface area contributed by atoms with Crippen molar-refractivity contribution in [1.82, 2.24) is 0 Å². The average molecular weight is 426 g/mol. The van der Waals surface area contributed by atoms with Gasteiger partial charge in [0.25, 0.3) is 0 Å². The fraction of sp³-hybridized carbons (Fsp3) is 0.867. The zero-order valence-corrected chi connectivity index (χ0v) is 22.0. The van der Waals surface area contributed by atoms with E-state index < -0.39 is 0 Å². The molecule has 0 aromatic carbocycles. The fourth-order valence-electron chi connectivity index (χ4n) is 9.33. The molecule has 1 heteroatoms. The Morgan fingerprint density at radius 3 is 2.42 bits per heavy atom. The van der Waals surface area contributed by atoms with E-state index in [9.17, 15) is 0 Å². The van der Waals surface area contributed by atoms with E-state index in [4.69, 9.17) is 5.73 Å². The third-order valence-electron chi connectivity index (χ3n) is 11.7. The van der Waals surface area contributed by atoms with Crippen LogP contribution in [-0.2, 0) is 0 Å². The molecule has 3 saturated carbocycles. The Bertz CT molecular complexity index is 750. The van der Waals surface area contributed by atoms with Gasteiger partial charge in [0.05, 0.1) is 0 Å². The maximum absolute atomic E-state index is 6.86. The summed E-state index contributed by atoms with van der Waals surface area (Å²) in [5.41, 5.74) is 11.0. The van der Waals surface area contributed by atoms with Crippen molar-refractivity contribution in [1.29, 1.82) is 0 Å². The van der Waals surface area contributed by atoms with Crippen LogP contribution in [0.25, 0.3) is 0 Å². The molecule has 4 rings (SSSR count). The monoisotopic (exact) mass is 425 g/mol. The summed E-state index contributed by atoms with van der Waals surface area (Å²) >= 11 is 0. The molecule has 8 unspecified atom stereocenters. The number of nitrogens with two attached hydrogens (primary N) is 1. The summed E-state index contributed by atoms with van der Waals surface area (Å²) in [6.07, 6.45) is 17.4. The normalized spacial score (nSPS) is 46.9. The molecule has 8 atom stereocenters. The Morgan fingerprint density at radius 1 is 1.03 bits per heavy atom. The van der Waals surface area contributed by atoms with Crippen LogP contribution in [0.4, 0.5) is 0 Å². The summed E-state index contributed by atoms with van der Waals surface area (Å²) < 4.78 is 0. The Labute approximate surface area is 193 Å². The minimum absolute atomic E-state index is 0.0759. The van der Waals surface area contributed by atoms with E-state index in [-0.39, 0.29) is 11.0 Å². The molecule has 0 aromatic heterocycles. The first-order valence-electron chi connectivity index (χ1n) is 13.5. The third-order valence-corrected chi connectivity index (χ3v) is 11.7. The van der Waals surface area contributed by atoms with Crippen LogP contribution in [0.15, 0.2) is 23.3 Å². The summed E-state index contributed by atoms with van der Waals surface area (Å²) in [5.74, 6) is 4.50. The van der Waals surface area contributed by atoms with Gasteiger partial charge in [-0.05, 0) is 119 Å². The predicted molar refractivity (Wildman–Crippen MR) is 135 cm³/mol. The van der Waals surface area contributed by atoms with E-state index in [1.807, 2.05) is 0 Å². The smallest absolute Gasteiger partial charge is 0.0215 e. The maximum Gasteiger partial charge on any atom is 0.0215 e. The molecular weight excluding hydrogens is 374 g/mol. The van der Waals surface area contributed by atoms with Crippen LogP contribution >= 0.6 is 0 Å². The number of hydrogen-bond donors (Lipinski definition) is 1. The number of allylic oxidation sites excluding steroid dienone is 3. The lowest BCUT2D eigenvalue weighted by molar-refractivity contribution is -0.0666. The molecule has 1 nitrogen and oxygen atoms in total. The van der Waals surface area contributed by atoms with Crippen LogP contribution in [0.5, 0.6) is 0 Å². The quantitative estimate of drug-likeness (QED) is 0.450. The van der Waals surface area contributed by atoms with Gasteiger partial charge in [0, 0.05) is 11.0 Å². The lowest BCUT2D eigenvalue weighted by Crippen LogP contribution is -2.61. The lowest BCUT2D eigenvalue weighted by Gasteiger charge is -2.63. The summed E-state index contributed by atoms with van der Waals surface area (Å²) in [7, 11) is 0. The molecule has 0 aliphatic heterocycles. The molecule has 0 aromatic rings. The van der Waals surface area contributed by atoms with Crippen molar-refractivity contribution in [2.45, 2.75) is 119 Å². The first-order valence-corrected chi connectivity index (χ1v) is 13.5. The summed E-state index contributed by atoms with van der Waals surface area (Å²) in [6, 6.07) is 0. The van der Waals surface area contributed by atoms with Crippen molar-refractivity contribution in [3.8, 4) is 0 Å². The van der Waals surface area contributed by atoms with E-state index in [0.29, 0.717) is 10.8 Å². The molecule has 0 radical (unpaired) electrons. The summed E-state index contributed by atoms with van der Waals surface area (Å²) in [4.78, 5) is 0. The van der Waals surface area contributed by atoms with Gasteiger partial charge in [-0.2, -0.15) is 0 Å². The van der Waals surface area contributed by atoms with Gasteiger partial charge in [-0.25, -0.2) is 0 Å². The third kappa shape index (κ3) is 3.51. The second-order valence-corrected chi connectivity index (χ2v) is 13.8. The summed E-state index contributed by atoms with van der Waals surface area (Å²) in [5, 5.41) is 0. The highest BCUT2D eigenvalue weighted by atomic mass is 14.8. The van der Waals surface area contributed by atoms with Crippen molar-refractivity contribution >= 4 is 0 Å². The minimum atomic E-state index is -0.0759. The molecule has 4 aliphatic carbocycles. The van der Waals surface area contributed by atoms with Gasteiger partial charge in [0.2, 0.25) is 0 Å². The van der Waals surface area contributed by atoms with Crippen LogP contribution in [0.1, 0.15) is 113 Å². The highest BCUT2D eigenvalue weighted by Crippen LogP contribution is 2.69. The Balaban J connectivity index is 1.57. The highest BCUT2D eigenvalue weighted by molar-refractivity contribution is 5.34. The molecule has 31 heavy (non-hydrogen) atoms. The van der Waals surface area contributed by atoms with Crippen LogP contribution in [0.2, 0.25) is 0 Å². The van der Waals surface area contributed by atoms with E-state index in [1.54, 1.807) is 5.57 Å². The van der Waals surface area contributed by atoms with Gasteiger partial charge in [-0.1, -0.05) is 57.9 Å². The number of fused-ring (bicyclic) bond motifs is 5. The van der Waals surface area contributed by atoms with Crippen LogP contribution < -0.4 is 5.73 Å². The predicted octanol–water partition coefficient (Wildman–Crippen LogP) is 8.30. The van der Waals surface area contributed by atoms with Crippen molar-refractivity contribution in [2.75, 3.05) is 0 Å². The second kappa shape index (κ2) is 7.75. The second-order valence-electron chi connectivity index (χ2n) is 13.8. The maximum atomic E-state index is 6.86. The topological polar surface area (TPSA) is 26.0 Å². The standard InChI is InChI=1S/C30H51N/c1-20(2)10-9-11-21(3)23-13-14-24-22-12-15-26-27(4,5)30(8,31)19-18-29(26,7)25(22)16-17-28(23,24)6/h10,15,21-25H,9,11-14,16-19,31H2,1-8H3. The minimum Gasteiger partial charge on any atom is -0.325 e. The van der Waals surface area contributed by atoms with Crippen molar-refractivity contribution in [3.05, 3.63) is 23.3 Å². The molecular formula is C30H51N. The molecule has 3 fully saturated rings. The van der Waals surface area contributed by atoms with Crippen molar-refractivity contribution in [3.63, 3.8) is 0 Å². The molecule has 2 N–H and O–H groups in total. The van der Waals surface area contributed by atoms with E-state index in [2.05, 4.69) is 67.5 Å². The SMILES string of the molecule is CC(C)=CCCC(C)C1CCC2C3CC=C4C(C)(CCC(C)(N)C4(C)C)C3CCC12C. The molecule has 0 heterocycles. The van der Waals surface area contributed by atoms with Gasteiger partial charge < -0.3 is 5.73 Å². The average Bonchev–Trinajstić information content (AvgIpc) is 3.02. The van der Waals surface area contributed by atoms with Crippen LogP contribution in [0.3, 0.4) is 0 Å². The summed E-state index contributed by atoms with van der Waals surface area (Å²) in [6.45, 7) is 19.5. The van der Waals surface area contributed by atoms with Crippen LogP contribution in [0, 0.1) is 45.8 Å². The Morgan fingerprint density at radius 2 is 1.74 bits per heavy atom. The Hall–Kier alpha value is -0.560. The van der Waals surface area contributed by atoms with Gasteiger partial charge in [-0.15, -0.1) is 0 Å². The molecule has 0 saturated heterocycles. The van der Waals surface area contributed by atoms with Gasteiger partial charge in [0.1, 0.15) is 0 Å². The first kappa shape index (κ1) is 23.6. The van der Waals surface area contributed by atoms with Crippen molar-refractivity contribution in [2.24, 2.45) is 51.6 Å². The van der Waals surface area contributed by atoms with E-state index in [1.165, 1.54) is 63.4 Å². The Kier molecular flexibility index (Phi) is 5.90. The van der Waals surface area contributed by atoms with E-state index >= 15 is 0 Å². The van der Waals surface area contributed by atoms with Gasteiger partial charge >= 0.3 is 0 Å². The van der Waals surface area contributed by atoms with Gasteiger partial charge in [-0.3, -0.25) is 0 Å². The molecule has 0 amide bonds. The zero-order valence-electron chi connectivity index (χ0n) is 22.0. The lowest BCUT2D eigenvalue weighted by atomic mass is 9.42. The van der Waals surface area contributed by atoms with E-state index in [0.717, 1.165) is 29.6 Å². The largest absolute Gasteiger partial charge is 0.325 e. The molecule has 0 spiro atoms. The molecule has 176 valence electrons. The number of rotatable bonds is 4. The zero-order chi connectivity index (χ0) is 22.8. The first-order chi connectivity index (χ1) is 14.3. The van der Waals surface area contributed by atoms with Crippen molar-refractivity contribution < 1.29 is 0 Å². The fourth-order valence-corrected chi connectivity index (χ4v) is 9.33. The highest BCUT2D eigenvalue weighted by Gasteiger charge is 2.62. The van der Waals surface area contributed by atoms with Gasteiger partial charge in [0.15, 0.2) is 0 Å². The molecule has 0 bridgehead atoms.